The number of alkyl carbamates (subject to hydrolysis) is 1. The van der Waals surface area contributed by atoms with Crippen molar-refractivity contribution in [2.45, 2.75) is 89.6 Å². The molecule has 60 heavy (non-hydrogen) atoms. The van der Waals surface area contributed by atoms with Gasteiger partial charge in [0.2, 0.25) is 11.8 Å². The van der Waals surface area contributed by atoms with Gasteiger partial charge in [-0.1, -0.05) is 26.0 Å². The van der Waals surface area contributed by atoms with E-state index in [4.69, 9.17) is 34.2 Å². The number of benzene rings is 2. The molecular weight excluding hydrogens is 775 g/mol. The van der Waals surface area contributed by atoms with E-state index in [1.807, 2.05) is 18.2 Å². The summed E-state index contributed by atoms with van der Waals surface area (Å²) in [5, 5.41) is 11.1. The smallest absolute Gasteiger partial charge is 0.412 e. The number of ether oxygens (including phenoxy) is 6. The second-order valence-corrected chi connectivity index (χ2v) is 17.9. The van der Waals surface area contributed by atoms with Crippen molar-refractivity contribution in [2.24, 2.45) is 34.3 Å². The Morgan fingerprint density at radius 2 is 1.42 bits per heavy atom. The third kappa shape index (κ3) is 11.1. The molecular formula is C44H61N5O11. The lowest BCUT2D eigenvalue weighted by Gasteiger charge is -2.65. The molecule has 4 bridgehead atoms. The summed E-state index contributed by atoms with van der Waals surface area (Å²) in [4.78, 5) is 62.9. The number of rotatable bonds is 19. The van der Waals surface area contributed by atoms with Crippen molar-refractivity contribution in [3.63, 3.8) is 0 Å². The highest BCUT2D eigenvalue weighted by molar-refractivity contribution is 5.83. The van der Waals surface area contributed by atoms with Crippen molar-refractivity contribution in [2.75, 3.05) is 54.2 Å². The van der Waals surface area contributed by atoms with Gasteiger partial charge < -0.3 is 55.4 Å². The number of carbonyl (C=O) groups excluding carboxylic acids is 5. The lowest BCUT2D eigenvalue weighted by Crippen LogP contribution is -2.65. The second-order valence-electron chi connectivity index (χ2n) is 17.9. The van der Waals surface area contributed by atoms with E-state index in [1.165, 1.54) is 26.4 Å². The van der Waals surface area contributed by atoms with E-state index in [9.17, 15) is 24.0 Å². The number of nitrogens with one attached hydrogen (secondary N) is 4. The summed E-state index contributed by atoms with van der Waals surface area (Å²) < 4.78 is 32.6. The van der Waals surface area contributed by atoms with Gasteiger partial charge in [-0.05, 0) is 110 Å². The van der Waals surface area contributed by atoms with E-state index in [0.29, 0.717) is 42.6 Å². The predicted octanol–water partition coefficient (Wildman–Crippen LogP) is 4.19. The molecule has 16 heteroatoms. The van der Waals surface area contributed by atoms with Crippen LogP contribution >= 0.6 is 0 Å². The minimum absolute atomic E-state index is 0.0122. The molecule has 2 aromatic rings. The normalized spacial score (nSPS) is 26.6. The Bertz CT molecular complexity index is 1890. The van der Waals surface area contributed by atoms with E-state index in [2.05, 4.69) is 35.1 Å². The van der Waals surface area contributed by atoms with Crippen LogP contribution in [0.1, 0.15) is 76.3 Å². The first kappa shape index (κ1) is 44.3. The van der Waals surface area contributed by atoms with Crippen LogP contribution in [0.15, 0.2) is 36.4 Å². The Morgan fingerprint density at radius 3 is 2.08 bits per heavy atom. The van der Waals surface area contributed by atoms with Gasteiger partial charge in [0.1, 0.15) is 6.61 Å². The number of hydrogen-bond donors (Lipinski definition) is 5. The highest BCUT2D eigenvalue weighted by Crippen LogP contribution is 2.66. The van der Waals surface area contributed by atoms with Gasteiger partial charge in [0.05, 0.1) is 46.4 Å². The van der Waals surface area contributed by atoms with Crippen molar-refractivity contribution < 1.29 is 52.4 Å². The Balaban J connectivity index is 0.844. The molecule has 4 amide bonds. The van der Waals surface area contributed by atoms with Gasteiger partial charge in [-0.2, -0.15) is 0 Å². The van der Waals surface area contributed by atoms with Crippen LogP contribution in [0.2, 0.25) is 0 Å². The fourth-order valence-electron chi connectivity index (χ4n) is 10.8. The Hall–Kier alpha value is -5.25. The van der Waals surface area contributed by atoms with Crippen molar-refractivity contribution in [3.8, 4) is 23.0 Å². The van der Waals surface area contributed by atoms with E-state index < -0.39 is 24.1 Å². The number of cyclic esters (lactones) is 1. The monoisotopic (exact) mass is 835 g/mol. The number of hydrogen-bond acceptors (Lipinski definition) is 12. The number of methoxy groups -OCH3 is 3. The molecule has 0 aromatic heterocycles. The zero-order valence-electron chi connectivity index (χ0n) is 35.4. The van der Waals surface area contributed by atoms with E-state index in [1.54, 1.807) is 32.4 Å². The molecule has 1 saturated heterocycles. The maximum atomic E-state index is 12.7. The van der Waals surface area contributed by atoms with Crippen LogP contribution in [0.3, 0.4) is 0 Å². The molecule has 4 saturated carbocycles. The van der Waals surface area contributed by atoms with Gasteiger partial charge in [0.25, 0.3) is 0 Å². The molecule has 5 aliphatic rings. The summed E-state index contributed by atoms with van der Waals surface area (Å²) in [6.45, 7) is 5.31. The largest absolute Gasteiger partial charge is 0.493 e. The minimum atomic E-state index is -0.941. The average Bonchev–Trinajstić information content (AvgIpc) is 3.52. The van der Waals surface area contributed by atoms with E-state index >= 15 is 0 Å². The van der Waals surface area contributed by atoms with E-state index in [0.717, 1.165) is 30.4 Å². The summed E-state index contributed by atoms with van der Waals surface area (Å²) in [6, 6.07) is 9.83. The molecule has 5 fully saturated rings. The van der Waals surface area contributed by atoms with Crippen LogP contribution in [0.4, 0.5) is 9.59 Å². The summed E-state index contributed by atoms with van der Waals surface area (Å²) in [6.07, 6.45) is 6.57. The third-order valence-corrected chi connectivity index (χ3v) is 12.5. The zero-order valence-corrected chi connectivity index (χ0v) is 35.4. The maximum Gasteiger partial charge on any atom is 0.412 e. The van der Waals surface area contributed by atoms with Crippen LogP contribution < -0.4 is 45.9 Å². The molecule has 4 aliphatic carbocycles. The molecule has 328 valence electrons. The summed E-state index contributed by atoms with van der Waals surface area (Å²) in [7, 11) is 4.61. The van der Waals surface area contributed by atoms with Crippen molar-refractivity contribution in [3.05, 3.63) is 47.5 Å². The van der Waals surface area contributed by atoms with E-state index in [-0.39, 0.29) is 84.9 Å². The van der Waals surface area contributed by atoms with Crippen molar-refractivity contribution >= 4 is 30.0 Å². The molecule has 1 heterocycles. The molecule has 5 atom stereocenters. The number of nitrogens with two attached hydrogens (primary N) is 1. The number of amides is 4. The van der Waals surface area contributed by atoms with Crippen LogP contribution in [0.25, 0.3) is 0 Å². The summed E-state index contributed by atoms with van der Waals surface area (Å²) in [5.41, 5.74) is 8.12. The minimum Gasteiger partial charge on any atom is -0.493 e. The van der Waals surface area contributed by atoms with Crippen molar-refractivity contribution in [1.82, 2.24) is 21.3 Å². The molecule has 0 spiro atoms. The Labute approximate surface area is 351 Å². The lowest BCUT2D eigenvalue weighted by molar-refractivity contribution is -0.141. The quantitative estimate of drug-likeness (QED) is 0.0996. The van der Waals surface area contributed by atoms with Gasteiger partial charge in [-0.15, -0.1) is 0 Å². The number of carbonyl (C=O) groups is 5. The van der Waals surface area contributed by atoms with Crippen LogP contribution in [0.5, 0.6) is 23.0 Å². The van der Waals surface area contributed by atoms with Crippen LogP contribution in [0, 0.1) is 28.6 Å². The highest BCUT2D eigenvalue weighted by Gasteiger charge is 2.60. The molecule has 16 nitrogen and oxygen atoms in total. The Kier molecular flexibility index (Phi) is 14.0. The zero-order chi connectivity index (χ0) is 43.1. The molecule has 2 aromatic carbocycles. The predicted molar refractivity (Wildman–Crippen MR) is 220 cm³/mol. The molecule has 7 rings (SSSR count). The first-order valence-corrected chi connectivity index (χ1v) is 20.9. The van der Waals surface area contributed by atoms with Gasteiger partial charge in [-0.25, -0.2) is 9.59 Å². The standard InChI is InChI=1S/C44H61N5O11/c1-42-20-29-21-43(2,24-42)26-44(22-29,25-42)49-41(54)58-15-14-46-37(50)11-8-32(45)38(51)47-12-13-48-40(53)60-34-10-7-28(19-36(34)57-5)17-31-30(23-59-39(31)52)16-27-6-9-33(55-3)35(18-27)56-4/h6-7,9-10,18-19,29-32H,8,11-17,20-26,45H2,1-5H3,(H,46,50)(H,47,51)(H,48,53)(H,49,54)/t29?,30-,31+,32-,42?,43?,44?/m0/s1. The van der Waals surface area contributed by atoms with Gasteiger partial charge in [0.15, 0.2) is 23.0 Å². The SMILES string of the molecule is COc1ccc(C[C@H]2COC(=O)[C@@H]2Cc2ccc(OC(=O)NCCNC(=O)[C@@H](N)CCC(=O)NCCOC(=O)NC34CC5CC(C)(CC(C)(C5)C3)C4)c(OC)c2)cc1OC. The molecule has 2 unspecified atom stereocenters. The fourth-order valence-corrected chi connectivity index (χ4v) is 10.8. The van der Waals surface area contributed by atoms with Crippen LogP contribution in [-0.2, 0) is 36.7 Å². The number of esters is 1. The molecule has 0 radical (unpaired) electrons. The first-order valence-electron chi connectivity index (χ1n) is 20.9. The summed E-state index contributed by atoms with van der Waals surface area (Å²) >= 11 is 0. The molecule has 6 N–H and O–H groups in total. The molecule has 1 aliphatic heterocycles. The maximum absolute atomic E-state index is 12.7. The third-order valence-electron chi connectivity index (χ3n) is 12.5. The van der Waals surface area contributed by atoms with Crippen molar-refractivity contribution in [1.29, 1.82) is 0 Å². The highest BCUT2D eigenvalue weighted by atomic mass is 16.6. The summed E-state index contributed by atoms with van der Waals surface area (Å²) in [5.74, 6) is 0.872. The van der Waals surface area contributed by atoms with Gasteiger partial charge in [-0.3, -0.25) is 14.4 Å². The fraction of sp³-hybridized carbons (Fsp3) is 0.614. The van der Waals surface area contributed by atoms with Gasteiger partial charge in [0, 0.05) is 31.0 Å². The van der Waals surface area contributed by atoms with Crippen LogP contribution in [-0.4, -0.2) is 95.7 Å². The lowest BCUT2D eigenvalue weighted by atomic mass is 9.43. The first-order chi connectivity index (χ1) is 28.6. The second kappa shape index (κ2) is 19.0. The average molecular weight is 836 g/mol. The Morgan fingerprint density at radius 1 is 0.783 bits per heavy atom. The topological polar surface area (TPSA) is 215 Å². The van der Waals surface area contributed by atoms with Gasteiger partial charge >= 0.3 is 18.2 Å².